The van der Waals surface area contributed by atoms with E-state index in [1.54, 1.807) is 18.5 Å². The minimum absolute atomic E-state index is 0.0974. The highest BCUT2D eigenvalue weighted by Crippen LogP contribution is 2.23. The zero-order valence-electron chi connectivity index (χ0n) is 11.4. The predicted molar refractivity (Wildman–Crippen MR) is 75.6 cm³/mol. The van der Waals surface area contributed by atoms with Gasteiger partial charge in [0.25, 0.3) is 5.91 Å². The fraction of sp³-hybridized carbons (Fsp3) is 0.571. The standard InChI is InChI=1S/C14H22N4O/c1-10-5-3-2-4-6-12(10)17-14(19)11-9-16-8-7-13(11)18-15/h7-10,12H,2-6,15H2,1H3,(H,16,18)(H,17,19). The van der Waals surface area contributed by atoms with E-state index in [-0.39, 0.29) is 11.9 Å². The number of carbonyl (C=O) groups excluding carboxylic acids is 1. The van der Waals surface area contributed by atoms with E-state index in [9.17, 15) is 4.79 Å². The molecule has 1 heterocycles. The van der Waals surface area contributed by atoms with Gasteiger partial charge in [0.05, 0.1) is 11.3 Å². The van der Waals surface area contributed by atoms with Crippen LogP contribution in [0.25, 0.3) is 0 Å². The lowest BCUT2D eigenvalue weighted by atomic mass is 9.96. The highest BCUT2D eigenvalue weighted by atomic mass is 16.1. The molecule has 1 fully saturated rings. The Morgan fingerprint density at radius 2 is 2.16 bits per heavy atom. The van der Waals surface area contributed by atoms with Gasteiger partial charge in [0.2, 0.25) is 0 Å². The first-order valence-electron chi connectivity index (χ1n) is 6.94. The van der Waals surface area contributed by atoms with Gasteiger partial charge in [-0.15, -0.1) is 0 Å². The third-order valence-corrected chi connectivity index (χ3v) is 3.90. The number of nitrogens with one attached hydrogen (secondary N) is 2. The lowest BCUT2D eigenvalue weighted by molar-refractivity contribution is 0.0922. The summed E-state index contributed by atoms with van der Waals surface area (Å²) in [6.45, 7) is 2.21. The van der Waals surface area contributed by atoms with Crippen LogP contribution in [0.15, 0.2) is 18.5 Å². The SMILES string of the molecule is CC1CCCCCC1NC(=O)c1cnccc1NN. The van der Waals surface area contributed by atoms with E-state index in [0.717, 1.165) is 6.42 Å². The van der Waals surface area contributed by atoms with Gasteiger partial charge in [-0.1, -0.05) is 26.2 Å². The predicted octanol–water partition coefficient (Wildman–Crippen LogP) is 2.07. The highest BCUT2D eigenvalue weighted by Gasteiger charge is 2.23. The summed E-state index contributed by atoms with van der Waals surface area (Å²) in [5.74, 6) is 5.84. The molecule has 0 aromatic carbocycles. The van der Waals surface area contributed by atoms with Crippen LogP contribution in [0.4, 0.5) is 5.69 Å². The van der Waals surface area contributed by atoms with E-state index < -0.39 is 0 Å². The molecule has 2 rings (SSSR count). The van der Waals surface area contributed by atoms with Gasteiger partial charge in [-0.2, -0.15) is 0 Å². The number of nitrogen functional groups attached to an aromatic ring is 1. The van der Waals surface area contributed by atoms with Gasteiger partial charge in [-0.25, -0.2) is 0 Å². The molecule has 1 aliphatic carbocycles. The van der Waals surface area contributed by atoms with Gasteiger partial charge in [0.15, 0.2) is 0 Å². The van der Waals surface area contributed by atoms with Crippen LogP contribution in [0.1, 0.15) is 49.4 Å². The highest BCUT2D eigenvalue weighted by molar-refractivity contribution is 5.99. The first-order valence-corrected chi connectivity index (χ1v) is 6.94. The summed E-state index contributed by atoms with van der Waals surface area (Å²) >= 11 is 0. The van der Waals surface area contributed by atoms with Crippen molar-refractivity contribution in [3.8, 4) is 0 Å². The van der Waals surface area contributed by atoms with Crippen molar-refractivity contribution in [1.29, 1.82) is 0 Å². The molecule has 1 aromatic rings. The number of aromatic nitrogens is 1. The largest absolute Gasteiger partial charge is 0.349 e. The van der Waals surface area contributed by atoms with Gasteiger partial charge in [0.1, 0.15) is 0 Å². The van der Waals surface area contributed by atoms with E-state index in [1.165, 1.54) is 25.7 Å². The maximum Gasteiger partial charge on any atom is 0.255 e. The zero-order chi connectivity index (χ0) is 13.7. The fourth-order valence-corrected chi connectivity index (χ4v) is 2.65. The minimum Gasteiger partial charge on any atom is -0.349 e. The van der Waals surface area contributed by atoms with Gasteiger partial charge < -0.3 is 10.7 Å². The number of rotatable bonds is 3. The Morgan fingerprint density at radius 3 is 2.95 bits per heavy atom. The quantitative estimate of drug-likeness (QED) is 0.442. The fourth-order valence-electron chi connectivity index (χ4n) is 2.65. The lowest BCUT2D eigenvalue weighted by Crippen LogP contribution is -2.39. The molecule has 1 aromatic heterocycles. The van der Waals surface area contributed by atoms with Crippen LogP contribution in [-0.2, 0) is 0 Å². The van der Waals surface area contributed by atoms with E-state index in [0.29, 0.717) is 17.2 Å². The maximum absolute atomic E-state index is 12.3. The first kappa shape index (κ1) is 13.8. The Hall–Kier alpha value is -1.62. The van der Waals surface area contributed by atoms with E-state index in [1.807, 2.05) is 0 Å². The molecule has 0 saturated heterocycles. The van der Waals surface area contributed by atoms with E-state index in [2.05, 4.69) is 22.7 Å². The third-order valence-electron chi connectivity index (χ3n) is 3.90. The van der Waals surface area contributed by atoms with Crippen molar-refractivity contribution in [1.82, 2.24) is 10.3 Å². The zero-order valence-corrected chi connectivity index (χ0v) is 11.4. The number of hydrazine groups is 1. The third kappa shape index (κ3) is 3.44. The Morgan fingerprint density at radius 1 is 1.37 bits per heavy atom. The summed E-state index contributed by atoms with van der Waals surface area (Å²) in [6.07, 6.45) is 9.10. The molecule has 5 heteroatoms. The Bertz CT molecular complexity index is 435. The van der Waals surface area contributed by atoms with Crippen molar-refractivity contribution >= 4 is 11.6 Å². The van der Waals surface area contributed by atoms with Crippen LogP contribution in [0.5, 0.6) is 0 Å². The molecule has 0 aliphatic heterocycles. The molecule has 2 unspecified atom stereocenters. The summed E-state index contributed by atoms with van der Waals surface area (Å²) in [5, 5.41) is 3.13. The van der Waals surface area contributed by atoms with E-state index in [4.69, 9.17) is 5.84 Å². The van der Waals surface area contributed by atoms with Gasteiger partial charge in [0, 0.05) is 18.4 Å². The smallest absolute Gasteiger partial charge is 0.255 e. The molecule has 104 valence electrons. The summed E-state index contributed by atoms with van der Waals surface area (Å²) in [5.41, 5.74) is 3.64. The number of hydrogen-bond donors (Lipinski definition) is 3. The van der Waals surface area contributed by atoms with E-state index >= 15 is 0 Å². The number of pyridine rings is 1. The maximum atomic E-state index is 12.3. The number of amides is 1. The number of carbonyl (C=O) groups is 1. The number of nitrogens with zero attached hydrogens (tertiary/aromatic N) is 1. The normalized spacial score (nSPS) is 23.5. The molecule has 0 bridgehead atoms. The lowest BCUT2D eigenvalue weighted by Gasteiger charge is -2.23. The molecular formula is C14H22N4O. The number of anilines is 1. The van der Waals surface area contributed by atoms with Crippen molar-refractivity contribution in [3.05, 3.63) is 24.0 Å². The molecule has 0 spiro atoms. The van der Waals surface area contributed by atoms with Crippen molar-refractivity contribution < 1.29 is 4.79 Å². The van der Waals surface area contributed by atoms with Crippen molar-refractivity contribution in [3.63, 3.8) is 0 Å². The second-order valence-corrected chi connectivity index (χ2v) is 5.26. The topological polar surface area (TPSA) is 80.0 Å². The molecular weight excluding hydrogens is 240 g/mol. The summed E-state index contributed by atoms with van der Waals surface area (Å²) in [4.78, 5) is 16.3. The molecule has 2 atom stereocenters. The molecule has 0 radical (unpaired) electrons. The number of nitrogens with two attached hydrogens (primary N) is 1. The summed E-state index contributed by atoms with van der Waals surface area (Å²) < 4.78 is 0. The molecule has 1 amide bonds. The van der Waals surface area contributed by atoms with Crippen LogP contribution in [-0.4, -0.2) is 16.9 Å². The second-order valence-electron chi connectivity index (χ2n) is 5.26. The summed E-state index contributed by atoms with van der Waals surface area (Å²) in [7, 11) is 0. The van der Waals surface area contributed by atoms with Gasteiger partial charge >= 0.3 is 0 Å². The monoisotopic (exact) mass is 262 g/mol. The average molecular weight is 262 g/mol. The first-order chi connectivity index (χ1) is 9.22. The Kier molecular flexibility index (Phi) is 4.74. The minimum atomic E-state index is -0.0974. The van der Waals surface area contributed by atoms with Crippen molar-refractivity contribution in [2.24, 2.45) is 11.8 Å². The number of hydrogen-bond acceptors (Lipinski definition) is 4. The molecule has 5 nitrogen and oxygen atoms in total. The summed E-state index contributed by atoms with van der Waals surface area (Å²) in [6, 6.07) is 1.95. The molecule has 1 saturated carbocycles. The van der Waals surface area contributed by atoms with Crippen LogP contribution in [0, 0.1) is 5.92 Å². The Labute approximate surface area is 114 Å². The van der Waals surface area contributed by atoms with Crippen molar-refractivity contribution in [2.75, 3.05) is 5.43 Å². The average Bonchev–Trinajstić information content (AvgIpc) is 2.64. The van der Waals surface area contributed by atoms with Gasteiger partial charge in [-0.3, -0.25) is 15.6 Å². The Balaban J connectivity index is 2.07. The molecule has 19 heavy (non-hydrogen) atoms. The van der Waals surface area contributed by atoms with Gasteiger partial charge in [-0.05, 0) is 24.8 Å². The molecule has 1 aliphatic rings. The molecule has 4 N–H and O–H groups in total. The van der Waals surface area contributed by atoms with Crippen LogP contribution in [0.3, 0.4) is 0 Å². The second kappa shape index (κ2) is 6.52. The van der Waals surface area contributed by atoms with Crippen LogP contribution >= 0.6 is 0 Å². The van der Waals surface area contributed by atoms with Crippen LogP contribution < -0.4 is 16.6 Å². The van der Waals surface area contributed by atoms with Crippen molar-refractivity contribution in [2.45, 2.75) is 45.1 Å². The van der Waals surface area contributed by atoms with Crippen LogP contribution in [0.2, 0.25) is 0 Å².